The van der Waals surface area contributed by atoms with E-state index >= 15 is 0 Å². The second kappa shape index (κ2) is 7.29. The zero-order chi connectivity index (χ0) is 13.5. The van der Waals surface area contributed by atoms with Crippen LogP contribution in [0, 0.1) is 0 Å². The van der Waals surface area contributed by atoms with E-state index in [1.54, 1.807) is 0 Å². The number of rotatable bonds is 6. The van der Waals surface area contributed by atoms with Gasteiger partial charge in [-0.1, -0.05) is 0 Å². The van der Waals surface area contributed by atoms with E-state index in [1.165, 1.54) is 28.0 Å². The van der Waals surface area contributed by atoms with Gasteiger partial charge in [-0.3, -0.25) is 4.57 Å². The van der Waals surface area contributed by atoms with Crippen LogP contribution in [0.2, 0.25) is 0 Å². The molecule has 0 fully saturated rings. The molecule has 1 amide bonds. The Labute approximate surface area is 100 Å². The van der Waals surface area contributed by atoms with Gasteiger partial charge in [0.05, 0.1) is 14.2 Å². The third kappa shape index (κ3) is 6.28. The van der Waals surface area contributed by atoms with Gasteiger partial charge in [0.15, 0.2) is 7.37 Å². The average molecular weight is 267 g/mol. The minimum Gasteiger partial charge on any atom is -0.467 e. The molecule has 2 atom stereocenters. The maximum absolute atomic E-state index is 11.6. The fourth-order valence-corrected chi connectivity index (χ4v) is 1.96. The summed E-state index contributed by atoms with van der Waals surface area (Å²) < 4.78 is 25.3. The van der Waals surface area contributed by atoms with E-state index in [9.17, 15) is 14.2 Å². The monoisotopic (exact) mass is 267 g/mol. The molecule has 0 bridgehead atoms. The maximum Gasteiger partial charge on any atom is 0.407 e. The van der Waals surface area contributed by atoms with Crippen molar-refractivity contribution < 1.29 is 28.2 Å². The molecule has 1 N–H and O–H groups in total. The van der Waals surface area contributed by atoms with Crippen molar-refractivity contribution in [1.29, 1.82) is 0 Å². The molecular weight excluding hydrogens is 249 g/mol. The predicted molar refractivity (Wildman–Crippen MR) is 61.4 cm³/mol. The zero-order valence-electron chi connectivity index (χ0n) is 10.4. The van der Waals surface area contributed by atoms with Crippen molar-refractivity contribution in [2.24, 2.45) is 0 Å². The Balaban J connectivity index is 4.45. The minimum absolute atomic E-state index is 0.156. The van der Waals surface area contributed by atoms with Crippen LogP contribution in [0.25, 0.3) is 0 Å². The SMILES string of the molecule is COC(=O)N[C@@H](CCP(C)(=O)OC)C(=O)OC. The zero-order valence-corrected chi connectivity index (χ0v) is 11.3. The van der Waals surface area contributed by atoms with Crippen LogP contribution in [0.1, 0.15) is 6.42 Å². The lowest BCUT2D eigenvalue weighted by Crippen LogP contribution is -2.42. The quantitative estimate of drug-likeness (QED) is 0.566. The van der Waals surface area contributed by atoms with E-state index in [0.29, 0.717) is 0 Å². The van der Waals surface area contributed by atoms with E-state index in [1.807, 2.05) is 0 Å². The van der Waals surface area contributed by atoms with Crippen LogP contribution in [0.3, 0.4) is 0 Å². The van der Waals surface area contributed by atoms with Gasteiger partial charge in [0.2, 0.25) is 0 Å². The number of carbonyl (C=O) groups is 2. The first-order valence-electron chi connectivity index (χ1n) is 4.91. The number of esters is 1. The lowest BCUT2D eigenvalue weighted by atomic mass is 10.2. The third-order valence-corrected chi connectivity index (χ3v) is 4.02. The summed E-state index contributed by atoms with van der Waals surface area (Å²) in [6, 6.07) is -0.893. The Hall–Kier alpha value is -1.07. The maximum atomic E-state index is 11.6. The molecule has 0 saturated carbocycles. The van der Waals surface area contributed by atoms with E-state index in [2.05, 4.69) is 14.8 Å². The van der Waals surface area contributed by atoms with Crippen molar-refractivity contribution in [3.63, 3.8) is 0 Å². The summed E-state index contributed by atoms with van der Waals surface area (Å²) in [5, 5.41) is 2.30. The van der Waals surface area contributed by atoms with Crippen LogP contribution in [-0.4, -0.2) is 52.3 Å². The van der Waals surface area contributed by atoms with Crippen molar-refractivity contribution in [1.82, 2.24) is 5.32 Å². The van der Waals surface area contributed by atoms with Crippen LogP contribution < -0.4 is 5.32 Å². The number of ether oxygens (including phenoxy) is 2. The van der Waals surface area contributed by atoms with E-state index in [-0.39, 0.29) is 12.6 Å². The molecule has 0 saturated heterocycles. The molecule has 0 radical (unpaired) electrons. The first kappa shape index (κ1) is 15.9. The van der Waals surface area contributed by atoms with Gasteiger partial charge in [-0.2, -0.15) is 0 Å². The van der Waals surface area contributed by atoms with Gasteiger partial charge < -0.3 is 19.3 Å². The fraction of sp³-hybridized carbons (Fsp3) is 0.778. The molecule has 100 valence electrons. The predicted octanol–water partition coefficient (Wildman–Crippen LogP) is 0.828. The van der Waals surface area contributed by atoms with E-state index < -0.39 is 25.5 Å². The van der Waals surface area contributed by atoms with Gasteiger partial charge in [-0.15, -0.1) is 0 Å². The van der Waals surface area contributed by atoms with Crippen LogP contribution in [0.5, 0.6) is 0 Å². The number of nitrogens with one attached hydrogen (secondary N) is 1. The molecule has 0 aliphatic rings. The first-order chi connectivity index (χ1) is 7.86. The van der Waals surface area contributed by atoms with Gasteiger partial charge in [-0.25, -0.2) is 9.59 Å². The molecular formula is C9H18NO6P. The molecule has 17 heavy (non-hydrogen) atoms. The number of amides is 1. The Morgan fingerprint density at radius 2 is 1.82 bits per heavy atom. The first-order valence-corrected chi connectivity index (χ1v) is 7.16. The highest BCUT2D eigenvalue weighted by Crippen LogP contribution is 2.42. The molecule has 1 unspecified atom stereocenters. The molecule has 0 aliphatic heterocycles. The van der Waals surface area contributed by atoms with E-state index in [4.69, 9.17) is 4.52 Å². The molecule has 0 spiro atoms. The standard InChI is InChI=1S/C9H18NO6P/c1-14-8(11)7(10-9(12)15-2)5-6-17(4,13)16-3/h7H,5-6H2,1-4H3,(H,10,12)/t7-,17?/m0/s1. The summed E-state index contributed by atoms with van der Waals surface area (Å²) in [6.07, 6.45) is -0.430. The molecule has 0 aliphatic carbocycles. The summed E-state index contributed by atoms with van der Waals surface area (Å²) in [6.45, 7) is 1.46. The molecule has 7 nitrogen and oxygen atoms in total. The van der Waals surface area contributed by atoms with Crippen molar-refractivity contribution in [3.05, 3.63) is 0 Å². The molecule has 8 heteroatoms. The van der Waals surface area contributed by atoms with Gasteiger partial charge in [0, 0.05) is 19.9 Å². The van der Waals surface area contributed by atoms with Crippen molar-refractivity contribution in [3.8, 4) is 0 Å². The number of hydrogen-bond acceptors (Lipinski definition) is 6. The van der Waals surface area contributed by atoms with Crippen LogP contribution in [0.15, 0.2) is 0 Å². The Morgan fingerprint density at radius 1 is 1.24 bits per heavy atom. The number of methoxy groups -OCH3 is 2. The summed E-state index contributed by atoms with van der Waals surface area (Å²) in [7, 11) is 0.994. The summed E-state index contributed by atoms with van der Waals surface area (Å²) >= 11 is 0. The Morgan fingerprint density at radius 3 is 2.24 bits per heavy atom. The summed E-state index contributed by atoms with van der Waals surface area (Å²) in [5.41, 5.74) is 0. The minimum atomic E-state index is -2.73. The second-order valence-electron chi connectivity index (χ2n) is 3.42. The molecule has 0 heterocycles. The van der Waals surface area contributed by atoms with Crippen LogP contribution in [-0.2, 0) is 23.4 Å². The fourth-order valence-electron chi connectivity index (χ4n) is 1.05. The number of hydrogen-bond donors (Lipinski definition) is 1. The van der Waals surface area contributed by atoms with Crippen molar-refractivity contribution in [2.45, 2.75) is 12.5 Å². The van der Waals surface area contributed by atoms with Gasteiger partial charge in [0.1, 0.15) is 6.04 Å². The Bertz CT molecular complexity index is 319. The highest BCUT2D eigenvalue weighted by Gasteiger charge is 2.25. The lowest BCUT2D eigenvalue weighted by molar-refractivity contribution is -0.143. The number of carbonyl (C=O) groups excluding carboxylic acids is 2. The molecule has 0 aromatic heterocycles. The highest BCUT2D eigenvalue weighted by molar-refractivity contribution is 7.58. The second-order valence-corrected chi connectivity index (χ2v) is 6.26. The van der Waals surface area contributed by atoms with Gasteiger partial charge in [-0.05, 0) is 6.42 Å². The smallest absolute Gasteiger partial charge is 0.407 e. The Kier molecular flexibility index (Phi) is 6.83. The van der Waals surface area contributed by atoms with Crippen molar-refractivity contribution >= 4 is 19.4 Å². The largest absolute Gasteiger partial charge is 0.467 e. The number of alkyl carbamates (subject to hydrolysis) is 1. The van der Waals surface area contributed by atoms with Crippen molar-refractivity contribution in [2.75, 3.05) is 34.2 Å². The molecule has 0 rings (SSSR count). The lowest BCUT2D eigenvalue weighted by Gasteiger charge is -2.17. The topological polar surface area (TPSA) is 90.9 Å². The summed E-state index contributed by atoms with van der Waals surface area (Å²) in [4.78, 5) is 22.3. The van der Waals surface area contributed by atoms with Crippen LogP contribution in [0.4, 0.5) is 4.79 Å². The summed E-state index contributed by atoms with van der Waals surface area (Å²) in [5.74, 6) is -0.619. The molecule has 0 aromatic rings. The molecule has 0 aromatic carbocycles. The third-order valence-electron chi connectivity index (χ3n) is 2.17. The van der Waals surface area contributed by atoms with Gasteiger partial charge in [0.25, 0.3) is 0 Å². The average Bonchev–Trinajstić information content (AvgIpc) is 2.33. The van der Waals surface area contributed by atoms with Crippen LogP contribution >= 0.6 is 7.37 Å². The van der Waals surface area contributed by atoms with Gasteiger partial charge >= 0.3 is 12.1 Å². The van der Waals surface area contributed by atoms with E-state index in [0.717, 1.165) is 0 Å². The normalized spacial score (nSPS) is 15.5. The highest BCUT2D eigenvalue weighted by atomic mass is 31.2.